The van der Waals surface area contributed by atoms with Crippen molar-refractivity contribution in [3.05, 3.63) is 51.9 Å². The van der Waals surface area contributed by atoms with Crippen LogP contribution < -0.4 is 10.2 Å². The molecule has 0 bridgehead atoms. The number of thioether (sulfide) groups is 1. The van der Waals surface area contributed by atoms with E-state index in [1.165, 1.54) is 5.56 Å². The maximum atomic E-state index is 11.7. The van der Waals surface area contributed by atoms with Crippen molar-refractivity contribution in [1.82, 2.24) is 10.1 Å². The molecule has 19 heavy (non-hydrogen) atoms. The monoisotopic (exact) mass is 338 g/mol. The first kappa shape index (κ1) is 12.9. The molecule has 0 unspecified atom stereocenters. The van der Waals surface area contributed by atoms with Gasteiger partial charge in [0.05, 0.1) is 4.83 Å². The van der Waals surface area contributed by atoms with Gasteiger partial charge in [-0.25, -0.2) is 4.79 Å². The van der Waals surface area contributed by atoms with Gasteiger partial charge in [-0.3, -0.25) is 0 Å². The van der Waals surface area contributed by atoms with Gasteiger partial charge in [0.2, 0.25) is 0 Å². The lowest BCUT2D eigenvalue weighted by Crippen LogP contribution is -2.55. The molecular formula is C13H13BrN3OS+. The highest BCUT2D eigenvalue weighted by molar-refractivity contribution is 9.09. The van der Waals surface area contributed by atoms with Crippen LogP contribution >= 0.6 is 27.7 Å². The Balaban J connectivity index is 2.17. The number of benzene rings is 1. The molecule has 1 aromatic carbocycles. The van der Waals surface area contributed by atoms with Gasteiger partial charge in [-0.1, -0.05) is 51.4 Å². The predicted molar refractivity (Wildman–Crippen MR) is 77.8 cm³/mol. The van der Waals surface area contributed by atoms with Crippen LogP contribution in [-0.2, 0) is 0 Å². The summed E-state index contributed by atoms with van der Waals surface area (Å²) in [4.78, 5) is 14.8. The van der Waals surface area contributed by atoms with E-state index >= 15 is 0 Å². The van der Waals surface area contributed by atoms with Crippen LogP contribution in [0.25, 0.3) is 0 Å². The quantitative estimate of drug-likeness (QED) is 0.637. The third kappa shape index (κ3) is 2.34. The lowest BCUT2D eigenvalue weighted by Gasteiger charge is -2.24. The van der Waals surface area contributed by atoms with Crippen molar-refractivity contribution in [3.8, 4) is 0 Å². The molecule has 0 saturated carbocycles. The number of H-pyrrole nitrogens is 1. The lowest BCUT2D eigenvalue weighted by molar-refractivity contribution is -0.806. The number of aryl methyl sites for hydroxylation is 1. The Morgan fingerprint density at radius 2 is 2.16 bits per heavy atom. The number of nitrogens with one attached hydrogen (secondary N) is 1. The Kier molecular flexibility index (Phi) is 3.45. The van der Waals surface area contributed by atoms with E-state index in [2.05, 4.69) is 38.1 Å². The van der Waals surface area contributed by atoms with Gasteiger partial charge >= 0.3 is 10.7 Å². The molecule has 1 aliphatic rings. The predicted octanol–water partition coefficient (Wildman–Crippen LogP) is 1.82. The second-order valence-corrected chi connectivity index (χ2v) is 6.66. The second kappa shape index (κ2) is 5.09. The standard InChI is InChI=1S/C13H12BrN3OS/c1-8-12(18)15-13-17(16-8)11(10(14)7-19-13)9-5-3-2-4-6-9/h2-6,10-11H,7H2,1H3/p+1/t10-,11-/m0/s1. The number of fused-ring (bicyclic) bond motifs is 1. The zero-order valence-electron chi connectivity index (χ0n) is 10.3. The number of aromatic nitrogens is 3. The topological polar surface area (TPSA) is 49.6 Å². The molecule has 1 aliphatic heterocycles. The summed E-state index contributed by atoms with van der Waals surface area (Å²) in [6.07, 6.45) is 0. The smallest absolute Gasteiger partial charge is 0.239 e. The van der Waals surface area contributed by atoms with Gasteiger partial charge in [-0.2, -0.15) is 4.98 Å². The van der Waals surface area contributed by atoms with Gasteiger partial charge in [0.25, 0.3) is 0 Å². The summed E-state index contributed by atoms with van der Waals surface area (Å²) in [5.41, 5.74) is 1.57. The fourth-order valence-corrected chi connectivity index (χ4v) is 4.07. The van der Waals surface area contributed by atoms with Crippen molar-refractivity contribution in [2.75, 3.05) is 5.75 Å². The fourth-order valence-electron chi connectivity index (χ4n) is 2.19. The molecule has 0 radical (unpaired) electrons. The Bertz CT molecular complexity index is 659. The number of alkyl halides is 1. The van der Waals surface area contributed by atoms with E-state index in [4.69, 9.17) is 0 Å². The molecule has 0 spiro atoms. The number of halogens is 1. The summed E-state index contributed by atoms with van der Waals surface area (Å²) in [5.74, 6) is 0.903. The zero-order valence-corrected chi connectivity index (χ0v) is 12.7. The minimum atomic E-state index is -0.112. The van der Waals surface area contributed by atoms with Crippen LogP contribution in [0.2, 0.25) is 0 Å². The van der Waals surface area contributed by atoms with Crippen LogP contribution in [0.5, 0.6) is 0 Å². The summed E-state index contributed by atoms with van der Waals surface area (Å²) in [7, 11) is 0. The maximum absolute atomic E-state index is 11.7. The lowest BCUT2D eigenvalue weighted by atomic mass is 10.0. The minimum Gasteiger partial charge on any atom is -0.239 e. The molecule has 2 heterocycles. The van der Waals surface area contributed by atoms with Gasteiger partial charge < -0.3 is 0 Å². The van der Waals surface area contributed by atoms with E-state index in [1.807, 2.05) is 22.9 Å². The summed E-state index contributed by atoms with van der Waals surface area (Å²) in [6, 6.07) is 10.3. The van der Waals surface area contributed by atoms with Crippen LogP contribution in [0.1, 0.15) is 17.3 Å². The SMILES string of the molecule is Cc1n[n+]2c([nH]c1=O)SC[C@H](Br)[C@@H]2c1ccccc1. The fraction of sp³-hybridized carbons (Fsp3) is 0.308. The first-order valence-electron chi connectivity index (χ1n) is 6.01. The van der Waals surface area contributed by atoms with Gasteiger partial charge in [-0.15, -0.1) is 4.68 Å². The molecule has 1 N–H and O–H groups in total. The first-order valence-corrected chi connectivity index (χ1v) is 7.91. The number of rotatable bonds is 1. The van der Waals surface area contributed by atoms with Gasteiger partial charge in [0, 0.05) is 5.75 Å². The van der Waals surface area contributed by atoms with Crippen molar-refractivity contribution < 1.29 is 4.68 Å². The molecule has 6 heteroatoms. The Hall–Kier alpha value is -1.14. The first-order chi connectivity index (χ1) is 9.16. The highest BCUT2D eigenvalue weighted by atomic mass is 79.9. The van der Waals surface area contributed by atoms with Crippen molar-refractivity contribution in [3.63, 3.8) is 0 Å². The molecular weight excluding hydrogens is 326 g/mol. The van der Waals surface area contributed by atoms with Crippen molar-refractivity contribution in [2.45, 2.75) is 22.9 Å². The van der Waals surface area contributed by atoms with Gasteiger partial charge in [0.15, 0.2) is 11.7 Å². The minimum absolute atomic E-state index is 0.105. The molecule has 0 fully saturated rings. The van der Waals surface area contributed by atoms with Gasteiger partial charge in [-0.05, 0) is 24.2 Å². The van der Waals surface area contributed by atoms with Crippen molar-refractivity contribution in [2.24, 2.45) is 0 Å². The number of aromatic amines is 1. The van der Waals surface area contributed by atoms with Crippen LogP contribution in [-0.4, -0.2) is 20.7 Å². The van der Waals surface area contributed by atoms with E-state index in [9.17, 15) is 4.79 Å². The summed E-state index contributed by atoms with van der Waals surface area (Å²) >= 11 is 5.35. The second-order valence-electron chi connectivity index (χ2n) is 4.47. The Morgan fingerprint density at radius 1 is 1.42 bits per heavy atom. The largest absolute Gasteiger partial charge is 0.357 e. The molecule has 2 aromatic rings. The van der Waals surface area contributed by atoms with Crippen molar-refractivity contribution >= 4 is 27.7 Å². The van der Waals surface area contributed by atoms with E-state index in [-0.39, 0.29) is 16.4 Å². The van der Waals surface area contributed by atoms with Crippen LogP contribution in [0, 0.1) is 6.92 Å². The molecule has 98 valence electrons. The average molecular weight is 339 g/mol. The molecule has 0 saturated heterocycles. The van der Waals surface area contributed by atoms with Crippen molar-refractivity contribution in [1.29, 1.82) is 0 Å². The normalized spacial score (nSPS) is 22.0. The number of nitrogens with zero attached hydrogens (tertiary/aromatic N) is 2. The van der Waals surface area contributed by atoms with Gasteiger partial charge in [0.1, 0.15) is 0 Å². The van der Waals surface area contributed by atoms with E-state index < -0.39 is 0 Å². The average Bonchev–Trinajstić information content (AvgIpc) is 2.42. The Labute approximate surface area is 123 Å². The third-order valence-electron chi connectivity index (χ3n) is 3.14. The molecule has 3 rings (SSSR count). The molecule has 1 aromatic heterocycles. The highest BCUT2D eigenvalue weighted by Crippen LogP contribution is 2.31. The summed E-state index contributed by atoms with van der Waals surface area (Å²) in [6.45, 7) is 1.73. The number of hydrogen-bond donors (Lipinski definition) is 1. The van der Waals surface area contributed by atoms with Crippen LogP contribution in [0.3, 0.4) is 0 Å². The summed E-state index contributed by atoms with van der Waals surface area (Å²) < 4.78 is 1.92. The molecule has 0 aliphatic carbocycles. The summed E-state index contributed by atoms with van der Waals surface area (Å²) in [5, 5.41) is 5.26. The van der Waals surface area contributed by atoms with E-state index in [0.717, 1.165) is 10.9 Å². The molecule has 2 atom stereocenters. The third-order valence-corrected chi connectivity index (χ3v) is 5.48. The maximum Gasteiger partial charge on any atom is 0.357 e. The molecule has 0 amide bonds. The van der Waals surface area contributed by atoms with Crippen LogP contribution in [0.15, 0.2) is 40.3 Å². The van der Waals surface area contributed by atoms with E-state index in [0.29, 0.717) is 5.69 Å². The number of hydrogen-bond acceptors (Lipinski definition) is 3. The van der Waals surface area contributed by atoms with Crippen LogP contribution in [0.4, 0.5) is 0 Å². The van der Waals surface area contributed by atoms with E-state index in [1.54, 1.807) is 18.7 Å². The highest BCUT2D eigenvalue weighted by Gasteiger charge is 2.36. The Morgan fingerprint density at radius 3 is 2.89 bits per heavy atom. The zero-order chi connectivity index (χ0) is 13.4. The molecule has 4 nitrogen and oxygen atoms in total.